The van der Waals surface area contributed by atoms with Crippen molar-refractivity contribution in [2.24, 2.45) is 5.92 Å². The molecule has 0 aromatic carbocycles. The van der Waals surface area contributed by atoms with Crippen LogP contribution in [0.3, 0.4) is 0 Å². The Morgan fingerprint density at radius 1 is 1.33 bits per heavy atom. The van der Waals surface area contributed by atoms with Crippen molar-refractivity contribution in [3.63, 3.8) is 0 Å². The van der Waals surface area contributed by atoms with Gasteiger partial charge in [-0.25, -0.2) is 0 Å². The number of hydrogen-bond acceptors (Lipinski definition) is 1. The molecule has 0 aliphatic rings. The van der Waals surface area contributed by atoms with Crippen LogP contribution in [0.2, 0.25) is 0 Å². The Labute approximate surface area is 91.6 Å². The molecule has 74 valence electrons. The maximum atomic E-state index is 9.85. The van der Waals surface area contributed by atoms with Crippen molar-refractivity contribution in [1.82, 2.24) is 0 Å². The summed E-state index contributed by atoms with van der Waals surface area (Å²) < 4.78 is 0. The van der Waals surface area contributed by atoms with Crippen molar-refractivity contribution in [3.05, 3.63) is 13.2 Å². The fourth-order valence-corrected chi connectivity index (χ4v) is 0.563. The molecule has 0 heterocycles. The second-order valence-corrected chi connectivity index (χ2v) is 2.37. The molecule has 0 spiro atoms. The molecule has 0 radical (unpaired) electrons. The van der Waals surface area contributed by atoms with E-state index in [2.05, 4.69) is 0 Å². The minimum absolute atomic E-state index is 0. The van der Waals surface area contributed by atoms with Gasteiger partial charge < -0.3 is 18.0 Å². The van der Waals surface area contributed by atoms with Gasteiger partial charge in [-0.15, -0.1) is 0 Å². The molecule has 0 aromatic heterocycles. The first-order valence-corrected chi connectivity index (χ1v) is 3.83. The summed E-state index contributed by atoms with van der Waals surface area (Å²) in [4.78, 5) is 9.85. The first-order chi connectivity index (χ1) is 4.66. The molecule has 0 fully saturated rings. The van der Waals surface area contributed by atoms with E-state index < -0.39 is 6.04 Å². The van der Waals surface area contributed by atoms with Crippen LogP contribution in [0.25, 0.3) is 5.73 Å². The first-order valence-electron chi connectivity index (χ1n) is 3.83. The SMILES string of the molecule is CC.CC(C)CC([NH-])C=O.[CH3-].[W+2]. The Bertz CT molecular complexity index is 76.9. The number of nitrogens with one attached hydrogen (secondary N) is 1. The van der Waals surface area contributed by atoms with E-state index >= 15 is 0 Å². The van der Waals surface area contributed by atoms with Crippen LogP contribution in [0, 0.1) is 13.3 Å². The van der Waals surface area contributed by atoms with Gasteiger partial charge in [-0.3, -0.25) is 0 Å². The second-order valence-electron chi connectivity index (χ2n) is 2.37. The number of hydrogen-bond donors (Lipinski definition) is 0. The van der Waals surface area contributed by atoms with E-state index in [-0.39, 0.29) is 28.5 Å². The summed E-state index contributed by atoms with van der Waals surface area (Å²) in [5, 5.41) is 0. The van der Waals surface area contributed by atoms with Gasteiger partial charge in [-0.05, 0) is 5.92 Å². The second kappa shape index (κ2) is 17.4. The Kier molecular flexibility index (Phi) is 33.1. The molecule has 1 atom stereocenters. The van der Waals surface area contributed by atoms with E-state index in [1.807, 2.05) is 27.7 Å². The van der Waals surface area contributed by atoms with Gasteiger partial charge in [0.25, 0.3) is 0 Å². The molecule has 0 saturated heterocycles. The minimum Gasteiger partial charge on any atom is -0.669 e. The molecule has 1 unspecified atom stereocenters. The van der Waals surface area contributed by atoms with Crippen LogP contribution in [0.15, 0.2) is 0 Å². The normalized spacial score (nSPS) is 9.83. The smallest absolute Gasteiger partial charge is 0.669 e. The van der Waals surface area contributed by atoms with Crippen molar-refractivity contribution in [1.29, 1.82) is 0 Å². The zero-order valence-corrected chi connectivity index (χ0v) is 11.7. The van der Waals surface area contributed by atoms with Gasteiger partial charge in [-0.1, -0.05) is 40.2 Å². The summed E-state index contributed by atoms with van der Waals surface area (Å²) in [5.41, 5.74) is 6.98. The molecule has 1 N–H and O–H groups in total. The van der Waals surface area contributed by atoms with Gasteiger partial charge in [0.2, 0.25) is 0 Å². The number of aldehydes is 1. The van der Waals surface area contributed by atoms with E-state index in [1.54, 1.807) is 0 Å². The third kappa shape index (κ3) is 22.4. The molecule has 0 amide bonds. The summed E-state index contributed by atoms with van der Waals surface area (Å²) in [7, 11) is 0. The molecule has 12 heavy (non-hydrogen) atoms. The molecule has 0 saturated carbocycles. The largest absolute Gasteiger partial charge is 2.00 e. The monoisotopic (exact) mass is 343 g/mol. The van der Waals surface area contributed by atoms with Gasteiger partial charge in [0.15, 0.2) is 0 Å². The third-order valence-corrected chi connectivity index (χ3v) is 0.890. The van der Waals surface area contributed by atoms with Crippen LogP contribution in [0.5, 0.6) is 0 Å². The molecule has 0 aromatic rings. The zero-order chi connectivity index (χ0) is 8.57. The average Bonchev–Trinajstić information content (AvgIpc) is 1.91. The van der Waals surface area contributed by atoms with Crippen molar-refractivity contribution in [3.8, 4) is 0 Å². The predicted octanol–water partition coefficient (Wildman–Crippen LogP) is 3.13. The van der Waals surface area contributed by atoms with Gasteiger partial charge in [0, 0.05) is 0 Å². The zero-order valence-electron chi connectivity index (χ0n) is 8.76. The van der Waals surface area contributed by atoms with Crippen molar-refractivity contribution >= 4 is 6.29 Å². The summed E-state index contributed by atoms with van der Waals surface area (Å²) in [6, 6.07) is -0.505. The van der Waals surface area contributed by atoms with Crippen LogP contribution in [0.1, 0.15) is 34.1 Å². The molecule has 0 bridgehead atoms. The molecule has 0 aliphatic heterocycles. The van der Waals surface area contributed by atoms with E-state index in [9.17, 15) is 4.79 Å². The summed E-state index contributed by atoms with van der Waals surface area (Å²) in [6.07, 6.45) is 1.36. The van der Waals surface area contributed by atoms with E-state index in [4.69, 9.17) is 5.73 Å². The van der Waals surface area contributed by atoms with Crippen molar-refractivity contribution in [2.75, 3.05) is 0 Å². The van der Waals surface area contributed by atoms with E-state index in [1.165, 1.54) is 0 Å². The number of carbonyl (C=O) groups is 1. The van der Waals surface area contributed by atoms with Crippen LogP contribution in [-0.2, 0) is 25.9 Å². The van der Waals surface area contributed by atoms with Crippen LogP contribution >= 0.6 is 0 Å². The van der Waals surface area contributed by atoms with Crippen molar-refractivity contribution in [2.45, 2.75) is 40.2 Å². The molecular formula is C9H21NOW. The maximum absolute atomic E-state index is 9.85. The summed E-state index contributed by atoms with van der Waals surface area (Å²) >= 11 is 0. The topological polar surface area (TPSA) is 40.9 Å². The van der Waals surface area contributed by atoms with Gasteiger partial charge in [-0.2, -0.15) is 0 Å². The number of rotatable bonds is 3. The maximum Gasteiger partial charge on any atom is 2.00 e. The molecule has 0 aliphatic carbocycles. The summed E-state index contributed by atoms with van der Waals surface area (Å²) in [5.74, 6) is 0.461. The molecule has 3 heteroatoms. The first kappa shape index (κ1) is 22.8. The standard InChI is InChI=1S/C6H12NO.C2H6.CH3.W/c1-5(2)3-6(7)4-8;1-2;;/h4-7H,3H2,1-2H3;1-2H3;1H3;/q-1;;-1;+2. The Morgan fingerprint density at radius 2 is 1.67 bits per heavy atom. The minimum atomic E-state index is -0.505. The molecular weight excluding hydrogens is 322 g/mol. The summed E-state index contributed by atoms with van der Waals surface area (Å²) in [6.45, 7) is 8.01. The average molecular weight is 343 g/mol. The fraction of sp³-hybridized carbons (Fsp3) is 0.778. The van der Waals surface area contributed by atoms with E-state index in [0.29, 0.717) is 18.6 Å². The van der Waals surface area contributed by atoms with Gasteiger partial charge in [0.1, 0.15) is 6.29 Å². The van der Waals surface area contributed by atoms with Crippen LogP contribution < -0.4 is 0 Å². The van der Waals surface area contributed by atoms with Crippen molar-refractivity contribution < 1.29 is 25.9 Å². The quantitative estimate of drug-likeness (QED) is 0.573. The predicted molar refractivity (Wildman–Crippen MR) is 51.4 cm³/mol. The third-order valence-electron chi connectivity index (χ3n) is 0.890. The van der Waals surface area contributed by atoms with Crippen LogP contribution in [-0.4, -0.2) is 12.3 Å². The molecule has 0 rings (SSSR count). The fourth-order valence-electron chi connectivity index (χ4n) is 0.563. The Hall–Kier alpha value is 0.318. The Balaban J connectivity index is -0.0000000740. The van der Waals surface area contributed by atoms with Gasteiger partial charge >= 0.3 is 21.1 Å². The number of carbonyl (C=O) groups excluding carboxylic acids is 1. The Morgan fingerprint density at radius 3 is 1.75 bits per heavy atom. The van der Waals surface area contributed by atoms with E-state index in [0.717, 1.165) is 0 Å². The van der Waals surface area contributed by atoms with Crippen LogP contribution in [0.4, 0.5) is 0 Å². The molecule has 2 nitrogen and oxygen atoms in total. The van der Waals surface area contributed by atoms with Gasteiger partial charge in [0.05, 0.1) is 0 Å².